The van der Waals surface area contributed by atoms with Crippen molar-refractivity contribution in [1.82, 2.24) is 10.2 Å². The molecular formula is C17H18N4O6S. The molecule has 0 radical (unpaired) electrons. The Kier molecular flexibility index (Phi) is 5.45. The lowest BCUT2D eigenvalue weighted by Crippen LogP contribution is -2.70. The Morgan fingerprint density at radius 1 is 1.32 bits per heavy atom. The summed E-state index contributed by atoms with van der Waals surface area (Å²) < 4.78 is 4.66. The van der Waals surface area contributed by atoms with Gasteiger partial charge in [0.05, 0.1) is 6.42 Å². The fourth-order valence-corrected chi connectivity index (χ4v) is 4.37. The predicted octanol–water partition coefficient (Wildman–Crippen LogP) is -0.355. The molecule has 2 atom stereocenters. The van der Waals surface area contributed by atoms with Crippen molar-refractivity contribution in [3.8, 4) is 0 Å². The van der Waals surface area contributed by atoms with Crippen molar-refractivity contribution in [2.24, 2.45) is 5.73 Å². The predicted molar refractivity (Wildman–Crippen MR) is 99.8 cm³/mol. The summed E-state index contributed by atoms with van der Waals surface area (Å²) in [7, 11) is 0. The zero-order valence-corrected chi connectivity index (χ0v) is 15.4. The van der Waals surface area contributed by atoms with Crippen LogP contribution in [0, 0.1) is 0 Å². The van der Waals surface area contributed by atoms with Gasteiger partial charge in [-0.2, -0.15) is 0 Å². The first-order valence-electron chi connectivity index (χ1n) is 8.24. The lowest BCUT2D eigenvalue weighted by molar-refractivity contribution is -0.150. The maximum absolute atomic E-state index is 12.5. The lowest BCUT2D eigenvalue weighted by atomic mass is 10.0. The van der Waals surface area contributed by atoms with E-state index >= 15 is 0 Å². The van der Waals surface area contributed by atoms with Crippen LogP contribution in [0.25, 0.3) is 0 Å². The number of rotatable bonds is 6. The third-order valence-corrected chi connectivity index (χ3v) is 5.70. The normalized spacial score (nSPS) is 20.9. The molecule has 148 valence electrons. The van der Waals surface area contributed by atoms with E-state index in [2.05, 4.69) is 10.1 Å². The highest BCUT2D eigenvalue weighted by atomic mass is 32.2. The van der Waals surface area contributed by atoms with E-state index in [0.717, 1.165) is 4.90 Å². The Labute approximate surface area is 163 Å². The number of nitrogens with two attached hydrogens (primary N) is 2. The number of hydrogen-bond donors (Lipinski definition) is 4. The second kappa shape index (κ2) is 7.80. The molecule has 1 unspecified atom stereocenters. The first kappa shape index (κ1) is 19.5. The van der Waals surface area contributed by atoms with Crippen molar-refractivity contribution < 1.29 is 29.0 Å². The molecular weight excluding hydrogens is 388 g/mol. The number of aliphatic carboxylic acids is 1. The average Bonchev–Trinajstić information content (AvgIpc) is 2.65. The fourth-order valence-electron chi connectivity index (χ4n) is 3.05. The van der Waals surface area contributed by atoms with E-state index in [1.54, 1.807) is 24.3 Å². The van der Waals surface area contributed by atoms with Crippen LogP contribution in [0.15, 0.2) is 35.5 Å². The Balaban J connectivity index is 1.69. The number of para-hydroxylation sites is 1. The topological polar surface area (TPSA) is 165 Å². The fraction of sp³-hybridized carbons (Fsp3) is 0.294. The number of ether oxygens (including phenoxy) is 1. The molecule has 0 aromatic heterocycles. The number of benzene rings is 1. The van der Waals surface area contributed by atoms with Gasteiger partial charge in [-0.15, -0.1) is 11.8 Å². The maximum Gasteiger partial charge on any atom is 0.404 e. The number of hydrogen-bond acceptors (Lipinski definition) is 7. The third-order valence-electron chi connectivity index (χ3n) is 4.36. The molecule has 0 aliphatic carbocycles. The van der Waals surface area contributed by atoms with Gasteiger partial charge in [0.2, 0.25) is 5.91 Å². The zero-order chi connectivity index (χ0) is 20.4. The molecule has 28 heavy (non-hydrogen) atoms. The highest BCUT2D eigenvalue weighted by Gasteiger charge is 2.54. The molecule has 1 saturated heterocycles. The summed E-state index contributed by atoms with van der Waals surface area (Å²) in [5.74, 6) is -2.02. The van der Waals surface area contributed by atoms with E-state index in [-0.39, 0.29) is 36.0 Å². The van der Waals surface area contributed by atoms with Crippen LogP contribution in [0.4, 0.5) is 10.5 Å². The average molecular weight is 406 g/mol. The quantitative estimate of drug-likeness (QED) is 0.367. The summed E-state index contributed by atoms with van der Waals surface area (Å²) in [4.78, 5) is 48.3. The zero-order valence-electron chi connectivity index (χ0n) is 14.6. The van der Waals surface area contributed by atoms with Crippen LogP contribution in [0.1, 0.15) is 5.56 Å². The van der Waals surface area contributed by atoms with Gasteiger partial charge >= 0.3 is 12.1 Å². The van der Waals surface area contributed by atoms with E-state index in [0.29, 0.717) is 11.3 Å². The van der Waals surface area contributed by atoms with Gasteiger partial charge < -0.3 is 26.6 Å². The van der Waals surface area contributed by atoms with Crippen LogP contribution < -0.4 is 16.8 Å². The molecule has 2 aliphatic heterocycles. The van der Waals surface area contributed by atoms with Crippen molar-refractivity contribution in [1.29, 1.82) is 0 Å². The second-order valence-electron chi connectivity index (χ2n) is 6.20. The molecule has 1 fully saturated rings. The van der Waals surface area contributed by atoms with Gasteiger partial charge in [0.15, 0.2) is 0 Å². The smallest absolute Gasteiger partial charge is 0.404 e. The summed E-state index contributed by atoms with van der Waals surface area (Å²) in [6.45, 7) is -0.315. The van der Waals surface area contributed by atoms with Gasteiger partial charge in [0, 0.05) is 17.0 Å². The minimum Gasteiger partial charge on any atom is -0.477 e. The number of nitrogens with one attached hydrogen (secondary N) is 1. The Hall–Kier alpha value is -3.21. The van der Waals surface area contributed by atoms with Crippen LogP contribution in [0.2, 0.25) is 0 Å². The van der Waals surface area contributed by atoms with Gasteiger partial charge in [-0.25, -0.2) is 9.59 Å². The van der Waals surface area contributed by atoms with Crippen LogP contribution in [-0.4, -0.2) is 57.7 Å². The number of carboxylic acid groups (broad SMARTS) is 1. The summed E-state index contributed by atoms with van der Waals surface area (Å²) in [5.41, 5.74) is 11.9. The maximum atomic E-state index is 12.5. The number of β-lactam (4-membered cyclic amide) rings is 1. The number of carboxylic acids is 1. The lowest BCUT2D eigenvalue weighted by Gasteiger charge is -2.49. The van der Waals surface area contributed by atoms with Gasteiger partial charge in [-0.1, -0.05) is 18.2 Å². The monoisotopic (exact) mass is 406 g/mol. The molecule has 2 heterocycles. The number of anilines is 1. The van der Waals surface area contributed by atoms with E-state index in [1.165, 1.54) is 11.8 Å². The minimum atomic E-state index is -1.32. The van der Waals surface area contributed by atoms with Crippen molar-refractivity contribution in [3.63, 3.8) is 0 Å². The number of carbonyl (C=O) groups excluding carboxylic acids is 3. The van der Waals surface area contributed by atoms with Crippen LogP contribution in [0.3, 0.4) is 0 Å². The molecule has 10 nitrogen and oxygen atoms in total. The standard InChI is InChI=1S/C17H18N4O6S/c18-10-4-2-1-3-8(10)5-11(22)20-12-14(23)21-13(16(24)25)9(6-27-17(19)26)7-28-15(12)21/h1-4,12,15H,5-7,18H2,(H2,19,26)(H,20,22)(H,24,25)/t12?,15-/m1/s1. The largest absolute Gasteiger partial charge is 0.477 e. The molecule has 0 saturated carbocycles. The van der Waals surface area contributed by atoms with E-state index < -0.39 is 29.4 Å². The Morgan fingerprint density at radius 3 is 2.68 bits per heavy atom. The first-order valence-corrected chi connectivity index (χ1v) is 9.29. The second-order valence-corrected chi connectivity index (χ2v) is 7.30. The molecule has 1 aromatic carbocycles. The molecule has 0 spiro atoms. The first-order chi connectivity index (χ1) is 13.3. The Morgan fingerprint density at radius 2 is 2.04 bits per heavy atom. The Bertz CT molecular complexity index is 886. The number of nitrogens with zero attached hydrogens (tertiary/aromatic N) is 1. The van der Waals surface area contributed by atoms with Crippen LogP contribution in [0.5, 0.6) is 0 Å². The SMILES string of the molecule is NC(=O)OCC1=C(C(=O)O)N2C(=O)C(NC(=O)Cc3ccccc3N)[C@H]2SC1. The van der Waals surface area contributed by atoms with E-state index in [9.17, 15) is 24.3 Å². The van der Waals surface area contributed by atoms with Crippen LogP contribution >= 0.6 is 11.8 Å². The van der Waals surface area contributed by atoms with Gasteiger partial charge in [0.1, 0.15) is 23.7 Å². The number of primary amides is 1. The summed E-state index contributed by atoms with van der Waals surface area (Å²) in [6, 6.07) is 6.06. The number of nitrogen functional groups attached to an aromatic ring is 1. The van der Waals surface area contributed by atoms with Gasteiger partial charge in [-0.05, 0) is 11.6 Å². The molecule has 0 bridgehead atoms. The third kappa shape index (κ3) is 3.74. The molecule has 2 aliphatic rings. The minimum absolute atomic E-state index is 0.00711. The van der Waals surface area contributed by atoms with Crippen molar-refractivity contribution in [2.75, 3.05) is 18.1 Å². The molecule has 1 aromatic rings. The van der Waals surface area contributed by atoms with Gasteiger partial charge in [-0.3, -0.25) is 14.5 Å². The van der Waals surface area contributed by atoms with Gasteiger partial charge in [0.25, 0.3) is 5.91 Å². The number of thioether (sulfide) groups is 1. The number of carbonyl (C=O) groups is 4. The van der Waals surface area contributed by atoms with Crippen molar-refractivity contribution >= 4 is 41.3 Å². The molecule has 3 amide bonds. The summed E-state index contributed by atoms with van der Waals surface area (Å²) in [5, 5.41) is 11.6. The van der Waals surface area contributed by atoms with Crippen LogP contribution in [-0.2, 0) is 25.5 Å². The molecule has 6 N–H and O–H groups in total. The number of amides is 3. The number of fused-ring (bicyclic) bond motifs is 1. The molecule has 3 rings (SSSR count). The highest BCUT2D eigenvalue weighted by molar-refractivity contribution is 8.00. The van der Waals surface area contributed by atoms with E-state index in [4.69, 9.17) is 11.5 Å². The van der Waals surface area contributed by atoms with E-state index in [1.807, 2.05) is 0 Å². The van der Waals surface area contributed by atoms with Crippen molar-refractivity contribution in [3.05, 3.63) is 41.1 Å². The molecule has 11 heteroatoms. The summed E-state index contributed by atoms with van der Waals surface area (Å²) >= 11 is 1.27. The summed E-state index contributed by atoms with van der Waals surface area (Å²) in [6.07, 6.45) is -1.03. The van der Waals surface area contributed by atoms with Crippen molar-refractivity contribution in [2.45, 2.75) is 17.8 Å². The highest BCUT2D eigenvalue weighted by Crippen LogP contribution is 2.40.